The fourth-order valence-corrected chi connectivity index (χ4v) is 2.63. The maximum atomic E-state index is 13.1. The fourth-order valence-electron chi connectivity index (χ4n) is 2.63. The molecule has 0 spiro atoms. The number of benzene rings is 2. The lowest BCUT2D eigenvalue weighted by molar-refractivity contribution is 0.100. The summed E-state index contributed by atoms with van der Waals surface area (Å²) in [5, 5.41) is 7.03. The van der Waals surface area contributed by atoms with Crippen molar-refractivity contribution in [2.45, 2.75) is 13.8 Å². The Morgan fingerprint density at radius 1 is 1.08 bits per heavy atom. The minimum Gasteiger partial charge on any atom is -0.320 e. The smallest absolute Gasteiger partial charge is 0.276 e. The third-order valence-electron chi connectivity index (χ3n) is 4.14. The molecule has 1 aromatic heterocycles. The Morgan fingerprint density at radius 2 is 1.77 bits per heavy atom. The van der Waals surface area contributed by atoms with Crippen molar-refractivity contribution >= 4 is 17.4 Å². The molecule has 0 fully saturated rings. The largest absolute Gasteiger partial charge is 0.320 e. The number of halogens is 1. The monoisotopic (exact) mass is 351 g/mol. The molecule has 0 aliphatic carbocycles. The van der Waals surface area contributed by atoms with Crippen LogP contribution in [0.1, 0.15) is 33.3 Å². The van der Waals surface area contributed by atoms with Crippen LogP contribution in [0.25, 0.3) is 11.3 Å². The number of ketones is 1. The van der Waals surface area contributed by atoms with Crippen molar-refractivity contribution in [3.8, 4) is 11.3 Å². The average Bonchev–Trinajstić information content (AvgIpc) is 2.99. The van der Waals surface area contributed by atoms with E-state index in [2.05, 4.69) is 10.4 Å². The maximum Gasteiger partial charge on any atom is 0.276 e. The van der Waals surface area contributed by atoms with Gasteiger partial charge in [-0.3, -0.25) is 14.3 Å². The molecule has 0 aliphatic rings. The van der Waals surface area contributed by atoms with Crippen molar-refractivity contribution in [1.29, 1.82) is 0 Å². The summed E-state index contributed by atoms with van der Waals surface area (Å²) in [7, 11) is 1.72. The number of anilines is 1. The number of carbonyl (C=O) groups is 2. The van der Waals surface area contributed by atoms with Gasteiger partial charge in [0.1, 0.15) is 5.82 Å². The predicted octanol–water partition coefficient (Wildman–Crippen LogP) is 3.99. The summed E-state index contributed by atoms with van der Waals surface area (Å²) in [5.74, 6) is -0.774. The van der Waals surface area contributed by atoms with Gasteiger partial charge in [0.15, 0.2) is 11.5 Å². The molecule has 1 heterocycles. The minimum atomic E-state index is -0.377. The Hall–Kier alpha value is -3.28. The zero-order valence-electron chi connectivity index (χ0n) is 14.7. The van der Waals surface area contributed by atoms with Gasteiger partial charge in [-0.25, -0.2) is 4.39 Å². The predicted molar refractivity (Wildman–Crippen MR) is 97.7 cm³/mol. The van der Waals surface area contributed by atoms with E-state index in [1.807, 2.05) is 6.92 Å². The SMILES string of the molecule is CC(=O)c1ccc(C)c(NC(=O)c2cc(-c3ccc(F)cc3)n(C)n2)c1. The zero-order chi connectivity index (χ0) is 18.8. The molecular weight excluding hydrogens is 333 g/mol. The first-order valence-corrected chi connectivity index (χ1v) is 8.08. The lowest BCUT2D eigenvalue weighted by atomic mass is 10.1. The lowest BCUT2D eigenvalue weighted by Crippen LogP contribution is -2.14. The van der Waals surface area contributed by atoms with Crippen molar-refractivity contribution in [3.05, 3.63) is 71.2 Å². The molecule has 1 amide bonds. The van der Waals surface area contributed by atoms with Gasteiger partial charge in [-0.05, 0) is 61.4 Å². The van der Waals surface area contributed by atoms with E-state index in [0.717, 1.165) is 11.1 Å². The minimum absolute atomic E-state index is 0.0723. The molecule has 2 aromatic carbocycles. The van der Waals surface area contributed by atoms with Crippen LogP contribution in [-0.2, 0) is 7.05 Å². The summed E-state index contributed by atoms with van der Waals surface area (Å²) in [5.41, 5.74) is 3.63. The van der Waals surface area contributed by atoms with E-state index < -0.39 is 0 Å². The summed E-state index contributed by atoms with van der Waals surface area (Å²) < 4.78 is 14.7. The number of hydrogen-bond acceptors (Lipinski definition) is 3. The standard InChI is InChI=1S/C20H18FN3O2/c1-12-4-5-15(13(2)25)10-17(12)22-20(26)18-11-19(24(3)23-18)14-6-8-16(21)9-7-14/h4-11H,1-3H3,(H,22,26). The first-order chi connectivity index (χ1) is 12.3. The second-order valence-electron chi connectivity index (χ2n) is 6.09. The molecule has 0 atom stereocenters. The molecule has 0 bridgehead atoms. The van der Waals surface area contributed by atoms with E-state index in [4.69, 9.17) is 0 Å². The van der Waals surface area contributed by atoms with Gasteiger partial charge in [0, 0.05) is 18.3 Å². The van der Waals surface area contributed by atoms with Crippen LogP contribution in [0.2, 0.25) is 0 Å². The van der Waals surface area contributed by atoms with Crippen molar-refractivity contribution in [2.24, 2.45) is 7.05 Å². The summed E-state index contributed by atoms with van der Waals surface area (Å²) >= 11 is 0. The highest BCUT2D eigenvalue weighted by molar-refractivity contribution is 6.05. The van der Waals surface area contributed by atoms with E-state index in [1.54, 1.807) is 48.1 Å². The molecule has 0 saturated heterocycles. The molecule has 0 radical (unpaired) electrons. The van der Waals surface area contributed by atoms with Crippen molar-refractivity contribution in [1.82, 2.24) is 9.78 Å². The normalized spacial score (nSPS) is 10.6. The van der Waals surface area contributed by atoms with Gasteiger partial charge < -0.3 is 5.32 Å². The lowest BCUT2D eigenvalue weighted by Gasteiger charge is -2.08. The number of aromatic nitrogens is 2. The second kappa shape index (κ2) is 6.92. The average molecular weight is 351 g/mol. The van der Waals surface area contributed by atoms with Crippen molar-refractivity contribution < 1.29 is 14.0 Å². The fraction of sp³-hybridized carbons (Fsp3) is 0.150. The highest BCUT2D eigenvalue weighted by Gasteiger charge is 2.15. The number of amides is 1. The van der Waals surface area contributed by atoms with E-state index in [9.17, 15) is 14.0 Å². The molecule has 3 rings (SSSR count). The number of Topliss-reactive ketones (excluding diaryl/α,β-unsaturated/α-hetero) is 1. The summed E-state index contributed by atoms with van der Waals surface area (Å²) in [4.78, 5) is 24.1. The number of nitrogens with one attached hydrogen (secondary N) is 1. The number of rotatable bonds is 4. The van der Waals surface area contributed by atoms with Gasteiger partial charge in [-0.15, -0.1) is 0 Å². The molecule has 6 heteroatoms. The van der Waals surface area contributed by atoms with Crippen LogP contribution in [0, 0.1) is 12.7 Å². The van der Waals surface area contributed by atoms with E-state index >= 15 is 0 Å². The Morgan fingerprint density at radius 3 is 2.42 bits per heavy atom. The molecule has 5 nitrogen and oxygen atoms in total. The van der Waals surface area contributed by atoms with Crippen molar-refractivity contribution in [2.75, 3.05) is 5.32 Å². The highest BCUT2D eigenvalue weighted by Crippen LogP contribution is 2.22. The molecule has 0 aliphatic heterocycles. The van der Waals surface area contributed by atoms with E-state index in [1.165, 1.54) is 19.1 Å². The van der Waals surface area contributed by atoms with Gasteiger partial charge in [-0.2, -0.15) is 5.10 Å². The van der Waals surface area contributed by atoms with Crippen LogP contribution < -0.4 is 5.32 Å². The summed E-state index contributed by atoms with van der Waals surface area (Å²) in [6.07, 6.45) is 0. The number of aryl methyl sites for hydroxylation is 2. The Bertz CT molecular complexity index is 991. The van der Waals surface area contributed by atoms with Gasteiger partial charge >= 0.3 is 0 Å². The number of carbonyl (C=O) groups excluding carboxylic acids is 2. The third kappa shape index (κ3) is 3.54. The van der Waals surface area contributed by atoms with Crippen LogP contribution in [-0.4, -0.2) is 21.5 Å². The topological polar surface area (TPSA) is 64.0 Å². The molecule has 1 N–H and O–H groups in total. The van der Waals surface area contributed by atoms with Crippen molar-refractivity contribution in [3.63, 3.8) is 0 Å². The van der Waals surface area contributed by atoms with E-state index in [-0.39, 0.29) is 23.2 Å². The zero-order valence-corrected chi connectivity index (χ0v) is 14.7. The summed E-state index contributed by atoms with van der Waals surface area (Å²) in [6, 6.07) is 12.8. The first-order valence-electron chi connectivity index (χ1n) is 8.08. The summed E-state index contributed by atoms with van der Waals surface area (Å²) in [6.45, 7) is 3.33. The molecule has 3 aromatic rings. The van der Waals surface area contributed by atoms with Crippen LogP contribution in [0.4, 0.5) is 10.1 Å². The van der Waals surface area contributed by atoms with Gasteiger partial charge in [-0.1, -0.05) is 12.1 Å². The Labute approximate surface area is 150 Å². The molecule has 0 unspecified atom stereocenters. The third-order valence-corrected chi connectivity index (χ3v) is 4.14. The van der Waals surface area contributed by atoms with Gasteiger partial charge in [0.05, 0.1) is 5.69 Å². The van der Waals surface area contributed by atoms with Gasteiger partial charge in [0.25, 0.3) is 5.91 Å². The molecular formula is C20H18FN3O2. The van der Waals surface area contributed by atoms with Crippen LogP contribution in [0.3, 0.4) is 0 Å². The number of nitrogens with zero attached hydrogens (tertiary/aromatic N) is 2. The molecule has 0 saturated carbocycles. The Kier molecular flexibility index (Phi) is 4.67. The number of hydrogen-bond donors (Lipinski definition) is 1. The second-order valence-corrected chi connectivity index (χ2v) is 6.09. The van der Waals surface area contributed by atoms with Crippen LogP contribution >= 0.6 is 0 Å². The first kappa shape index (κ1) is 17.5. The van der Waals surface area contributed by atoms with E-state index in [0.29, 0.717) is 16.9 Å². The molecule has 132 valence electrons. The van der Waals surface area contributed by atoms with Gasteiger partial charge in [0.2, 0.25) is 0 Å². The maximum absolute atomic E-state index is 13.1. The van der Waals surface area contributed by atoms with Crippen LogP contribution in [0.15, 0.2) is 48.5 Å². The quantitative estimate of drug-likeness (QED) is 0.723. The van der Waals surface area contributed by atoms with Crippen LogP contribution in [0.5, 0.6) is 0 Å². The Balaban J connectivity index is 1.87. The molecule has 26 heavy (non-hydrogen) atoms. The highest BCUT2D eigenvalue weighted by atomic mass is 19.1.